The fourth-order valence-corrected chi connectivity index (χ4v) is 3.07. The molecule has 0 radical (unpaired) electrons. The molecule has 4 aromatic rings. The number of carbonyl (C=O) groups is 1. The first kappa shape index (κ1) is 16.3. The lowest BCUT2D eigenvalue weighted by Crippen LogP contribution is -2.19. The number of rotatable bonds is 2. The lowest BCUT2D eigenvalue weighted by Gasteiger charge is -2.11. The number of ether oxygens (including phenoxy) is 1. The first-order valence-corrected chi connectivity index (χ1v) is 8.12. The van der Waals surface area contributed by atoms with Crippen molar-refractivity contribution < 1.29 is 9.53 Å². The minimum atomic E-state index is -0.533. The number of benzene rings is 1. The second kappa shape index (κ2) is 5.96. The highest BCUT2D eigenvalue weighted by atomic mass is 35.5. The van der Waals surface area contributed by atoms with Gasteiger partial charge in [0.1, 0.15) is 5.56 Å². The van der Waals surface area contributed by atoms with E-state index in [1.165, 1.54) is 28.6 Å². The van der Waals surface area contributed by atoms with Crippen molar-refractivity contribution >= 4 is 34.1 Å². The molecule has 0 aliphatic carbocycles. The molecule has 0 fully saturated rings. The molecule has 0 aliphatic rings. The van der Waals surface area contributed by atoms with Crippen molar-refractivity contribution in [2.24, 2.45) is 0 Å². The average molecular weight is 369 g/mol. The number of pyridine rings is 1. The molecule has 0 spiro atoms. The fraction of sp³-hybridized carbons (Fsp3) is 0.111. The molecule has 0 unspecified atom stereocenters. The van der Waals surface area contributed by atoms with Crippen molar-refractivity contribution in [3.05, 3.63) is 69.4 Å². The Balaban J connectivity index is 2.00. The SMILES string of the molecule is COC(=O)c1cnn2c1ncc1c(=O)n(-c3cc(Cl)ccc3C)ccc12. The fourth-order valence-electron chi connectivity index (χ4n) is 2.90. The van der Waals surface area contributed by atoms with Crippen molar-refractivity contribution in [1.82, 2.24) is 19.2 Å². The highest BCUT2D eigenvalue weighted by Crippen LogP contribution is 2.20. The maximum atomic E-state index is 13.0. The minimum absolute atomic E-state index is 0.240. The van der Waals surface area contributed by atoms with Crippen molar-refractivity contribution in [2.45, 2.75) is 6.92 Å². The molecule has 3 heterocycles. The molecule has 0 saturated carbocycles. The Hall–Kier alpha value is -3.19. The van der Waals surface area contributed by atoms with Crippen LogP contribution < -0.4 is 5.56 Å². The highest BCUT2D eigenvalue weighted by Gasteiger charge is 2.17. The predicted molar refractivity (Wildman–Crippen MR) is 97.2 cm³/mol. The number of nitrogens with zero attached hydrogens (tertiary/aromatic N) is 4. The van der Waals surface area contributed by atoms with Gasteiger partial charge in [-0.25, -0.2) is 14.3 Å². The summed E-state index contributed by atoms with van der Waals surface area (Å²) in [5.74, 6) is -0.533. The maximum absolute atomic E-state index is 13.0. The number of halogens is 1. The maximum Gasteiger partial charge on any atom is 0.343 e. The van der Waals surface area contributed by atoms with Gasteiger partial charge in [0, 0.05) is 17.4 Å². The van der Waals surface area contributed by atoms with E-state index >= 15 is 0 Å². The van der Waals surface area contributed by atoms with E-state index in [0.717, 1.165) is 5.56 Å². The van der Waals surface area contributed by atoms with Crippen LogP contribution in [0.25, 0.3) is 22.2 Å². The lowest BCUT2D eigenvalue weighted by atomic mass is 10.2. The number of aromatic nitrogens is 4. The molecule has 4 rings (SSSR count). The van der Waals surface area contributed by atoms with Gasteiger partial charge >= 0.3 is 5.97 Å². The Labute approximate surface area is 152 Å². The van der Waals surface area contributed by atoms with E-state index in [4.69, 9.17) is 16.3 Å². The van der Waals surface area contributed by atoms with E-state index < -0.39 is 5.97 Å². The Morgan fingerprint density at radius 3 is 2.81 bits per heavy atom. The van der Waals surface area contributed by atoms with Crippen LogP contribution in [0.5, 0.6) is 0 Å². The number of hydrogen-bond donors (Lipinski definition) is 0. The summed E-state index contributed by atoms with van der Waals surface area (Å²) in [7, 11) is 1.29. The van der Waals surface area contributed by atoms with Gasteiger partial charge in [0.05, 0.1) is 29.9 Å². The summed E-state index contributed by atoms with van der Waals surface area (Å²) in [6.45, 7) is 1.90. The second-order valence-electron chi connectivity index (χ2n) is 5.76. The third-order valence-electron chi connectivity index (χ3n) is 4.23. The lowest BCUT2D eigenvalue weighted by molar-refractivity contribution is 0.0602. The number of aryl methyl sites for hydroxylation is 1. The molecule has 0 aliphatic heterocycles. The molecule has 0 atom stereocenters. The van der Waals surface area contributed by atoms with Gasteiger partial charge in [-0.2, -0.15) is 5.10 Å². The third kappa shape index (κ3) is 2.36. The van der Waals surface area contributed by atoms with E-state index in [0.29, 0.717) is 27.3 Å². The number of methoxy groups -OCH3 is 1. The molecule has 0 saturated heterocycles. The van der Waals surface area contributed by atoms with Crippen molar-refractivity contribution in [2.75, 3.05) is 7.11 Å². The van der Waals surface area contributed by atoms with E-state index in [1.54, 1.807) is 24.4 Å². The Morgan fingerprint density at radius 1 is 1.23 bits per heavy atom. The summed E-state index contributed by atoms with van der Waals surface area (Å²) in [6, 6.07) is 7.11. The van der Waals surface area contributed by atoms with Crippen LogP contribution in [-0.2, 0) is 4.74 Å². The summed E-state index contributed by atoms with van der Waals surface area (Å²) in [5.41, 5.74) is 2.48. The molecule has 130 valence electrons. The summed E-state index contributed by atoms with van der Waals surface area (Å²) in [5, 5.41) is 5.09. The number of esters is 1. The molecule has 0 amide bonds. The van der Waals surface area contributed by atoms with Crippen molar-refractivity contribution in [3.63, 3.8) is 0 Å². The van der Waals surface area contributed by atoms with E-state index in [9.17, 15) is 9.59 Å². The van der Waals surface area contributed by atoms with Crippen molar-refractivity contribution in [3.8, 4) is 5.69 Å². The number of carbonyl (C=O) groups excluding carboxylic acids is 1. The topological polar surface area (TPSA) is 78.5 Å². The number of hydrogen-bond acceptors (Lipinski definition) is 5. The predicted octanol–water partition coefficient (Wildman–Crippen LogP) is 2.78. The van der Waals surface area contributed by atoms with Gasteiger partial charge < -0.3 is 4.74 Å². The third-order valence-corrected chi connectivity index (χ3v) is 4.47. The van der Waals surface area contributed by atoms with Gasteiger partial charge in [-0.15, -0.1) is 0 Å². The molecule has 8 heteroatoms. The van der Waals surface area contributed by atoms with Crippen LogP contribution in [0.1, 0.15) is 15.9 Å². The summed E-state index contributed by atoms with van der Waals surface area (Å²) < 4.78 is 7.70. The van der Waals surface area contributed by atoms with Crippen LogP contribution in [0.15, 0.2) is 47.7 Å². The van der Waals surface area contributed by atoms with Crippen molar-refractivity contribution in [1.29, 1.82) is 0 Å². The van der Waals surface area contributed by atoms with Gasteiger partial charge in [0.25, 0.3) is 5.56 Å². The Kier molecular flexibility index (Phi) is 3.73. The quantitative estimate of drug-likeness (QED) is 0.508. The highest BCUT2D eigenvalue weighted by molar-refractivity contribution is 6.30. The molecule has 26 heavy (non-hydrogen) atoms. The zero-order chi connectivity index (χ0) is 18.4. The second-order valence-corrected chi connectivity index (χ2v) is 6.20. The smallest absolute Gasteiger partial charge is 0.343 e. The first-order valence-electron chi connectivity index (χ1n) is 7.74. The van der Waals surface area contributed by atoms with Crippen LogP contribution in [0.3, 0.4) is 0 Å². The van der Waals surface area contributed by atoms with Gasteiger partial charge in [-0.3, -0.25) is 9.36 Å². The number of fused-ring (bicyclic) bond motifs is 3. The average Bonchev–Trinajstić information content (AvgIpc) is 3.08. The molecule has 0 bridgehead atoms. The van der Waals surface area contributed by atoms with Gasteiger partial charge in [0.15, 0.2) is 5.65 Å². The van der Waals surface area contributed by atoms with E-state index in [1.807, 2.05) is 13.0 Å². The van der Waals surface area contributed by atoms with Gasteiger partial charge in [-0.1, -0.05) is 17.7 Å². The van der Waals surface area contributed by atoms with E-state index in [-0.39, 0.29) is 11.1 Å². The van der Waals surface area contributed by atoms with Crippen LogP contribution in [0.2, 0.25) is 5.02 Å². The summed E-state index contributed by atoms with van der Waals surface area (Å²) >= 11 is 6.08. The molecule has 3 aromatic heterocycles. The molecular weight excluding hydrogens is 356 g/mol. The normalized spacial score (nSPS) is 11.2. The van der Waals surface area contributed by atoms with Crippen LogP contribution >= 0.6 is 11.6 Å². The van der Waals surface area contributed by atoms with Crippen LogP contribution in [0.4, 0.5) is 0 Å². The van der Waals surface area contributed by atoms with Crippen LogP contribution in [-0.4, -0.2) is 32.2 Å². The monoisotopic (exact) mass is 368 g/mol. The summed E-state index contributed by atoms with van der Waals surface area (Å²) in [6.07, 6.45) is 4.47. The molecule has 0 N–H and O–H groups in total. The van der Waals surface area contributed by atoms with Crippen LogP contribution in [0, 0.1) is 6.92 Å². The molecule has 1 aromatic carbocycles. The molecule has 7 nitrogen and oxygen atoms in total. The standard InChI is InChI=1S/C18H13ClN4O3/c1-10-3-4-11(19)7-15(10)22-6-5-14-12(17(22)24)8-20-16-13(18(25)26-2)9-21-23(14)16/h3-9H,1-2H3. The zero-order valence-electron chi connectivity index (χ0n) is 13.9. The Morgan fingerprint density at radius 2 is 2.04 bits per heavy atom. The first-order chi connectivity index (χ1) is 12.5. The van der Waals surface area contributed by atoms with E-state index in [2.05, 4.69) is 10.1 Å². The summed E-state index contributed by atoms with van der Waals surface area (Å²) in [4.78, 5) is 29.0. The zero-order valence-corrected chi connectivity index (χ0v) is 14.7. The van der Waals surface area contributed by atoms with Gasteiger partial charge in [0.2, 0.25) is 0 Å². The largest absolute Gasteiger partial charge is 0.465 e. The molecular formula is C18H13ClN4O3. The minimum Gasteiger partial charge on any atom is -0.465 e. The van der Waals surface area contributed by atoms with Gasteiger partial charge in [-0.05, 0) is 30.7 Å². The Bertz CT molecular complexity index is 1240.